The van der Waals surface area contributed by atoms with Crippen molar-refractivity contribution in [1.82, 2.24) is 0 Å². The van der Waals surface area contributed by atoms with E-state index in [1.54, 1.807) is 0 Å². The molecule has 3 heteroatoms. The topological polar surface area (TPSA) is 37.3 Å². The lowest BCUT2D eigenvalue weighted by Crippen LogP contribution is -1.94. The molecule has 0 aliphatic rings. The summed E-state index contributed by atoms with van der Waals surface area (Å²) in [7, 11) is 0. The van der Waals surface area contributed by atoms with Crippen molar-refractivity contribution < 1.29 is 9.90 Å². The van der Waals surface area contributed by atoms with E-state index in [4.69, 9.17) is 5.11 Å². The van der Waals surface area contributed by atoms with Gasteiger partial charge in [0.1, 0.15) is 0 Å². The molecule has 0 unspecified atom stereocenters. The Morgan fingerprint density at radius 1 is 1.86 bits per heavy atom. The molecular weight excluding hydrogens is 112 g/mol. The van der Waals surface area contributed by atoms with Crippen LogP contribution in [0.3, 0.4) is 0 Å². The number of carboxylic acid groups (broad SMARTS) is 1. The zero-order valence-electron chi connectivity index (χ0n) is 3.89. The summed E-state index contributed by atoms with van der Waals surface area (Å²) in [5.74, 6) is -0.147. The molecule has 2 nitrogen and oxygen atoms in total. The molecule has 0 aliphatic carbocycles. The van der Waals surface area contributed by atoms with Crippen LogP contribution in [0.25, 0.3) is 0 Å². The number of carbonyl (C=O) groups is 1. The van der Waals surface area contributed by atoms with E-state index in [0.29, 0.717) is 5.75 Å². The third kappa shape index (κ3) is 5.82. The number of thioether (sulfide) groups is 1. The number of hydrogen-bond acceptors (Lipinski definition) is 2. The summed E-state index contributed by atoms with van der Waals surface area (Å²) in [5, 5.41) is 8.00. The van der Waals surface area contributed by atoms with E-state index in [-0.39, 0.29) is 6.42 Å². The van der Waals surface area contributed by atoms with E-state index in [0.717, 1.165) is 0 Å². The molecule has 41 valence electrons. The van der Waals surface area contributed by atoms with E-state index in [2.05, 4.69) is 6.26 Å². The average molecular weight is 119 g/mol. The summed E-state index contributed by atoms with van der Waals surface area (Å²) in [6, 6.07) is 0. The van der Waals surface area contributed by atoms with Crippen LogP contribution in [0.15, 0.2) is 0 Å². The molecule has 0 atom stereocenters. The molecule has 1 radical (unpaired) electrons. The minimum atomic E-state index is -0.754. The molecule has 0 amide bonds. The van der Waals surface area contributed by atoms with Gasteiger partial charge in [0, 0.05) is 12.0 Å². The molecule has 7 heavy (non-hydrogen) atoms. The van der Waals surface area contributed by atoms with Crippen LogP contribution in [0.4, 0.5) is 0 Å². The Balaban J connectivity index is 2.82. The zero-order chi connectivity index (χ0) is 5.70. The number of carboxylic acids is 1. The molecule has 0 bridgehead atoms. The lowest BCUT2D eigenvalue weighted by atomic mass is 10.5. The molecule has 0 fully saturated rings. The summed E-state index contributed by atoms with van der Waals surface area (Å²) in [4.78, 5) is 9.72. The second-order valence-corrected chi connectivity index (χ2v) is 1.87. The van der Waals surface area contributed by atoms with Crippen LogP contribution < -0.4 is 0 Å². The highest BCUT2D eigenvalue weighted by Gasteiger charge is 1.91. The van der Waals surface area contributed by atoms with Crippen molar-refractivity contribution in [1.29, 1.82) is 0 Å². The van der Waals surface area contributed by atoms with Gasteiger partial charge >= 0.3 is 5.97 Å². The Hall–Kier alpha value is -0.180. The van der Waals surface area contributed by atoms with Gasteiger partial charge < -0.3 is 5.11 Å². The lowest BCUT2D eigenvalue weighted by Gasteiger charge is -1.85. The molecule has 0 spiro atoms. The summed E-state index contributed by atoms with van der Waals surface area (Å²) in [5.41, 5.74) is 0. The Morgan fingerprint density at radius 3 is 2.57 bits per heavy atom. The van der Waals surface area contributed by atoms with Crippen molar-refractivity contribution in [3.63, 3.8) is 0 Å². The second kappa shape index (κ2) is 3.99. The first-order chi connectivity index (χ1) is 3.27. The van der Waals surface area contributed by atoms with Crippen molar-refractivity contribution in [3.8, 4) is 0 Å². The fourth-order valence-corrected chi connectivity index (χ4v) is 0.478. The number of rotatable bonds is 3. The zero-order valence-corrected chi connectivity index (χ0v) is 4.70. The predicted molar refractivity (Wildman–Crippen MR) is 30.1 cm³/mol. The van der Waals surface area contributed by atoms with Gasteiger partial charge in [0.15, 0.2) is 0 Å². The molecule has 0 saturated heterocycles. The summed E-state index contributed by atoms with van der Waals surface area (Å²) in [6.07, 6.45) is 3.63. The number of aliphatic carboxylic acids is 1. The fraction of sp³-hybridized carbons (Fsp3) is 0.500. The van der Waals surface area contributed by atoms with E-state index in [1.807, 2.05) is 0 Å². The summed E-state index contributed by atoms with van der Waals surface area (Å²) >= 11 is 1.30. The Kier molecular flexibility index (Phi) is 3.89. The van der Waals surface area contributed by atoms with Gasteiger partial charge in [-0.15, -0.1) is 0 Å². The second-order valence-electron chi connectivity index (χ2n) is 1.05. The maximum atomic E-state index is 9.72. The summed E-state index contributed by atoms with van der Waals surface area (Å²) < 4.78 is 0. The van der Waals surface area contributed by atoms with E-state index < -0.39 is 5.97 Å². The maximum absolute atomic E-state index is 9.72. The van der Waals surface area contributed by atoms with Crippen LogP contribution in [-0.2, 0) is 4.79 Å². The number of hydrogen-bond donors (Lipinski definition) is 1. The van der Waals surface area contributed by atoms with Crippen LogP contribution in [0.1, 0.15) is 6.42 Å². The normalized spacial score (nSPS) is 8.71. The minimum absolute atomic E-state index is 0.216. The van der Waals surface area contributed by atoms with Gasteiger partial charge in [-0.25, -0.2) is 0 Å². The maximum Gasteiger partial charge on any atom is 0.304 e. The average Bonchev–Trinajstić information content (AvgIpc) is 1.61. The van der Waals surface area contributed by atoms with Crippen LogP contribution >= 0.6 is 11.8 Å². The van der Waals surface area contributed by atoms with Crippen molar-refractivity contribution in [2.75, 3.05) is 5.75 Å². The Bertz CT molecular complexity index is 62.7. The molecule has 0 saturated carbocycles. The fourth-order valence-electron chi connectivity index (χ4n) is 0.159. The van der Waals surface area contributed by atoms with Gasteiger partial charge in [-0.1, -0.05) is 0 Å². The first-order valence-corrected chi connectivity index (χ1v) is 3.01. The lowest BCUT2D eigenvalue weighted by molar-refractivity contribution is -0.136. The first-order valence-electron chi connectivity index (χ1n) is 1.86. The standard InChI is InChI=1S/C4H7O2S/c1-7-3-2-4(5)6/h1-3H2,(H,5,6). The van der Waals surface area contributed by atoms with Gasteiger partial charge in [-0.05, 0) is 0 Å². The molecule has 0 aliphatic heterocycles. The monoisotopic (exact) mass is 119 g/mol. The highest BCUT2D eigenvalue weighted by Crippen LogP contribution is 1.96. The molecule has 0 rings (SSSR count). The molecule has 0 aromatic carbocycles. The van der Waals surface area contributed by atoms with Gasteiger partial charge in [0.25, 0.3) is 0 Å². The first kappa shape index (κ1) is 6.82. The molecule has 1 N–H and O–H groups in total. The third-order valence-electron chi connectivity index (χ3n) is 0.460. The van der Waals surface area contributed by atoms with Crippen molar-refractivity contribution in [3.05, 3.63) is 6.26 Å². The van der Waals surface area contributed by atoms with Gasteiger partial charge in [0.2, 0.25) is 0 Å². The van der Waals surface area contributed by atoms with Gasteiger partial charge in [-0.2, -0.15) is 11.8 Å². The van der Waals surface area contributed by atoms with Crippen molar-refractivity contribution in [2.24, 2.45) is 0 Å². The third-order valence-corrected chi connectivity index (χ3v) is 0.953. The molecule has 0 aromatic rings. The van der Waals surface area contributed by atoms with Crippen molar-refractivity contribution >= 4 is 17.7 Å². The smallest absolute Gasteiger partial charge is 0.304 e. The van der Waals surface area contributed by atoms with Gasteiger partial charge in [-0.3, -0.25) is 4.79 Å². The summed E-state index contributed by atoms with van der Waals surface area (Å²) in [6.45, 7) is 0. The Labute approximate surface area is 46.9 Å². The van der Waals surface area contributed by atoms with Crippen LogP contribution in [0.2, 0.25) is 0 Å². The molecular formula is C4H7O2S. The van der Waals surface area contributed by atoms with Crippen LogP contribution in [0, 0.1) is 6.26 Å². The highest BCUT2D eigenvalue weighted by atomic mass is 32.2. The minimum Gasteiger partial charge on any atom is -0.481 e. The van der Waals surface area contributed by atoms with Crippen LogP contribution in [-0.4, -0.2) is 16.8 Å². The Morgan fingerprint density at radius 2 is 2.43 bits per heavy atom. The van der Waals surface area contributed by atoms with Crippen LogP contribution in [0.5, 0.6) is 0 Å². The predicted octanol–water partition coefficient (Wildman–Crippen LogP) is 0.986. The van der Waals surface area contributed by atoms with E-state index in [9.17, 15) is 4.79 Å². The van der Waals surface area contributed by atoms with Gasteiger partial charge in [0.05, 0.1) is 6.42 Å². The SMILES string of the molecule is [CH2]SCCC(=O)O. The molecule has 0 aromatic heterocycles. The van der Waals surface area contributed by atoms with E-state index in [1.165, 1.54) is 11.8 Å². The quantitative estimate of drug-likeness (QED) is 0.601. The van der Waals surface area contributed by atoms with Crippen molar-refractivity contribution in [2.45, 2.75) is 6.42 Å². The molecule has 0 heterocycles. The largest absolute Gasteiger partial charge is 0.481 e. The highest BCUT2D eigenvalue weighted by molar-refractivity contribution is 8.00. The van der Waals surface area contributed by atoms with E-state index >= 15 is 0 Å².